The van der Waals surface area contributed by atoms with E-state index >= 15 is 0 Å². The van der Waals surface area contributed by atoms with Crippen LogP contribution >= 0.6 is 0 Å². The van der Waals surface area contributed by atoms with Gasteiger partial charge in [-0.25, -0.2) is 0 Å². The zero-order valence-electron chi connectivity index (χ0n) is 12.7. The summed E-state index contributed by atoms with van der Waals surface area (Å²) in [4.78, 5) is 14.5. The lowest BCUT2D eigenvalue weighted by molar-refractivity contribution is -0.118. The topological polar surface area (TPSA) is 29.5 Å². The van der Waals surface area contributed by atoms with Gasteiger partial charge in [0.2, 0.25) is 5.91 Å². The van der Waals surface area contributed by atoms with Crippen molar-refractivity contribution >= 4 is 11.6 Å². The van der Waals surface area contributed by atoms with Crippen LogP contribution in [0.2, 0.25) is 0 Å². The van der Waals surface area contributed by atoms with Gasteiger partial charge >= 0.3 is 0 Å². The summed E-state index contributed by atoms with van der Waals surface area (Å²) in [6.07, 6.45) is 3.27. The molecule has 0 saturated heterocycles. The van der Waals surface area contributed by atoms with Crippen molar-refractivity contribution in [3.8, 4) is 5.75 Å². The predicted molar refractivity (Wildman–Crippen MR) is 88.3 cm³/mol. The van der Waals surface area contributed by atoms with Crippen molar-refractivity contribution < 1.29 is 9.53 Å². The molecule has 114 valence electrons. The van der Waals surface area contributed by atoms with Crippen molar-refractivity contribution in [2.75, 3.05) is 18.1 Å². The molecule has 0 saturated carbocycles. The van der Waals surface area contributed by atoms with Gasteiger partial charge in [-0.15, -0.1) is 0 Å². The number of rotatable bonds is 4. The van der Waals surface area contributed by atoms with E-state index in [-0.39, 0.29) is 5.91 Å². The quantitative estimate of drug-likeness (QED) is 0.858. The predicted octanol–water partition coefficient (Wildman–Crippen LogP) is 3.83. The number of para-hydroxylation sites is 2. The van der Waals surface area contributed by atoms with Gasteiger partial charge in [0.15, 0.2) is 0 Å². The van der Waals surface area contributed by atoms with E-state index in [1.807, 2.05) is 47.4 Å². The maximum Gasteiger partial charge on any atom is 0.227 e. The molecule has 0 bridgehead atoms. The largest absolute Gasteiger partial charge is 0.491 e. The number of hydrogen-bond acceptors (Lipinski definition) is 2. The molecule has 0 N–H and O–H groups in total. The third-order valence-electron chi connectivity index (χ3n) is 3.94. The van der Waals surface area contributed by atoms with Gasteiger partial charge in [-0.2, -0.15) is 0 Å². The molecule has 22 heavy (non-hydrogen) atoms. The minimum atomic E-state index is 0.189. The molecule has 0 radical (unpaired) electrons. The van der Waals surface area contributed by atoms with Crippen molar-refractivity contribution in [3.63, 3.8) is 0 Å². The van der Waals surface area contributed by atoms with Gasteiger partial charge in [-0.05, 0) is 37.0 Å². The Kier molecular flexibility index (Phi) is 4.74. The van der Waals surface area contributed by atoms with Crippen molar-refractivity contribution in [2.45, 2.75) is 25.7 Å². The molecule has 0 unspecified atom stereocenters. The van der Waals surface area contributed by atoms with Crippen LogP contribution in [0.15, 0.2) is 54.6 Å². The van der Waals surface area contributed by atoms with E-state index in [1.54, 1.807) is 0 Å². The highest BCUT2D eigenvalue weighted by Gasteiger charge is 2.21. The number of anilines is 1. The van der Waals surface area contributed by atoms with Crippen molar-refractivity contribution in [2.24, 2.45) is 0 Å². The Morgan fingerprint density at radius 1 is 1.05 bits per heavy atom. The molecular formula is C19H21NO2. The van der Waals surface area contributed by atoms with Crippen LogP contribution in [0.5, 0.6) is 5.75 Å². The highest BCUT2D eigenvalue weighted by atomic mass is 16.5. The molecule has 1 aliphatic heterocycles. The van der Waals surface area contributed by atoms with Crippen LogP contribution in [-0.2, 0) is 11.2 Å². The van der Waals surface area contributed by atoms with Crippen LogP contribution in [0.3, 0.4) is 0 Å². The molecule has 0 atom stereocenters. The van der Waals surface area contributed by atoms with Gasteiger partial charge in [0, 0.05) is 13.0 Å². The van der Waals surface area contributed by atoms with Crippen LogP contribution in [0, 0.1) is 0 Å². The molecule has 1 heterocycles. The number of carbonyl (C=O) groups is 1. The molecule has 0 aromatic heterocycles. The maximum atomic E-state index is 12.6. The average molecular weight is 295 g/mol. The highest BCUT2D eigenvalue weighted by Crippen LogP contribution is 2.31. The van der Waals surface area contributed by atoms with Gasteiger partial charge in [-0.3, -0.25) is 4.79 Å². The van der Waals surface area contributed by atoms with E-state index in [9.17, 15) is 4.79 Å². The van der Waals surface area contributed by atoms with Crippen molar-refractivity contribution in [1.82, 2.24) is 0 Å². The van der Waals surface area contributed by atoms with E-state index in [0.29, 0.717) is 13.0 Å². The van der Waals surface area contributed by atoms with E-state index < -0.39 is 0 Å². The van der Waals surface area contributed by atoms with Gasteiger partial charge < -0.3 is 9.64 Å². The number of nitrogens with zero attached hydrogens (tertiary/aromatic N) is 1. The first kappa shape index (κ1) is 14.6. The summed E-state index contributed by atoms with van der Waals surface area (Å²) in [5, 5.41) is 0. The molecule has 2 aromatic rings. The Morgan fingerprint density at radius 2 is 1.82 bits per heavy atom. The summed E-state index contributed by atoms with van der Waals surface area (Å²) < 4.78 is 5.71. The second-order valence-electron chi connectivity index (χ2n) is 5.55. The monoisotopic (exact) mass is 295 g/mol. The number of carbonyl (C=O) groups excluding carboxylic acids is 1. The Bertz CT molecular complexity index is 624. The highest BCUT2D eigenvalue weighted by molar-refractivity contribution is 5.94. The molecule has 0 aliphatic carbocycles. The second kappa shape index (κ2) is 7.12. The van der Waals surface area contributed by atoms with Crippen LogP contribution in [-0.4, -0.2) is 19.1 Å². The first-order valence-corrected chi connectivity index (χ1v) is 7.91. The number of amides is 1. The number of benzene rings is 2. The van der Waals surface area contributed by atoms with E-state index in [0.717, 1.165) is 37.2 Å². The summed E-state index contributed by atoms with van der Waals surface area (Å²) in [7, 11) is 0. The zero-order chi connectivity index (χ0) is 15.2. The van der Waals surface area contributed by atoms with Crippen LogP contribution in [0.4, 0.5) is 5.69 Å². The van der Waals surface area contributed by atoms with E-state index in [1.165, 1.54) is 5.56 Å². The summed E-state index contributed by atoms with van der Waals surface area (Å²) in [6, 6.07) is 18.1. The molecule has 3 nitrogen and oxygen atoms in total. The SMILES string of the molecule is O=C(CCCc1ccccc1)N1CCCOc2ccccc21. The molecule has 1 amide bonds. The van der Waals surface area contributed by atoms with Crippen LogP contribution in [0.1, 0.15) is 24.8 Å². The van der Waals surface area contributed by atoms with Crippen molar-refractivity contribution in [1.29, 1.82) is 0 Å². The van der Waals surface area contributed by atoms with E-state index in [2.05, 4.69) is 12.1 Å². The third kappa shape index (κ3) is 3.48. The summed E-state index contributed by atoms with van der Waals surface area (Å²) >= 11 is 0. The van der Waals surface area contributed by atoms with Gasteiger partial charge in [0.1, 0.15) is 5.75 Å². The number of hydrogen-bond donors (Lipinski definition) is 0. The lowest BCUT2D eigenvalue weighted by Crippen LogP contribution is -2.31. The van der Waals surface area contributed by atoms with Gasteiger partial charge in [0.25, 0.3) is 0 Å². The first-order valence-electron chi connectivity index (χ1n) is 7.91. The Labute approximate surface area is 131 Å². The molecule has 2 aromatic carbocycles. The van der Waals surface area contributed by atoms with Crippen LogP contribution in [0.25, 0.3) is 0 Å². The minimum absolute atomic E-state index is 0.189. The number of ether oxygens (including phenoxy) is 1. The molecular weight excluding hydrogens is 274 g/mol. The standard InChI is InChI=1S/C19H21NO2/c21-19(13-6-10-16-8-2-1-3-9-16)20-14-7-15-22-18-12-5-4-11-17(18)20/h1-5,8-9,11-12H,6-7,10,13-15H2. The van der Waals surface area contributed by atoms with Crippen LogP contribution < -0.4 is 9.64 Å². The fraction of sp³-hybridized carbons (Fsp3) is 0.316. The Morgan fingerprint density at radius 3 is 2.68 bits per heavy atom. The molecule has 3 heteroatoms. The molecule has 3 rings (SSSR count). The summed E-state index contributed by atoms with van der Waals surface area (Å²) in [5.41, 5.74) is 2.19. The first-order chi connectivity index (χ1) is 10.8. The summed E-state index contributed by atoms with van der Waals surface area (Å²) in [5.74, 6) is 1.00. The Balaban J connectivity index is 1.62. The summed E-state index contributed by atoms with van der Waals surface area (Å²) in [6.45, 7) is 1.41. The lowest BCUT2D eigenvalue weighted by Gasteiger charge is -2.21. The lowest BCUT2D eigenvalue weighted by atomic mass is 10.1. The fourth-order valence-corrected chi connectivity index (χ4v) is 2.81. The van der Waals surface area contributed by atoms with Gasteiger partial charge in [0.05, 0.1) is 12.3 Å². The number of aryl methyl sites for hydroxylation is 1. The molecule has 1 aliphatic rings. The zero-order valence-corrected chi connectivity index (χ0v) is 12.7. The average Bonchev–Trinajstić information content (AvgIpc) is 2.78. The smallest absolute Gasteiger partial charge is 0.227 e. The molecule has 0 fully saturated rings. The minimum Gasteiger partial charge on any atom is -0.491 e. The maximum absolute atomic E-state index is 12.6. The van der Waals surface area contributed by atoms with Gasteiger partial charge in [-0.1, -0.05) is 42.5 Å². The molecule has 0 spiro atoms. The van der Waals surface area contributed by atoms with E-state index in [4.69, 9.17) is 4.74 Å². The second-order valence-corrected chi connectivity index (χ2v) is 5.55. The normalized spacial score (nSPS) is 13.9. The Hall–Kier alpha value is -2.29. The number of fused-ring (bicyclic) bond motifs is 1. The fourth-order valence-electron chi connectivity index (χ4n) is 2.81. The third-order valence-corrected chi connectivity index (χ3v) is 3.94. The van der Waals surface area contributed by atoms with Crippen molar-refractivity contribution in [3.05, 3.63) is 60.2 Å².